The molecule has 1 aliphatic rings. The van der Waals surface area contributed by atoms with Crippen LogP contribution in [0.5, 0.6) is 0 Å². The third kappa shape index (κ3) is 4.35. The number of nitrogens with zero attached hydrogens (tertiary/aromatic N) is 1. The van der Waals surface area contributed by atoms with E-state index in [2.05, 4.69) is 37.2 Å². The van der Waals surface area contributed by atoms with Gasteiger partial charge in [-0.15, -0.1) is 0 Å². The van der Waals surface area contributed by atoms with Crippen LogP contribution < -0.4 is 20.1 Å². The maximum Gasteiger partial charge on any atom is 0.282 e. The first-order chi connectivity index (χ1) is 12.0. The number of benzene rings is 1. The average molecular weight is 409 g/mol. The molecule has 0 saturated carbocycles. The van der Waals surface area contributed by atoms with E-state index in [4.69, 9.17) is 0 Å². The van der Waals surface area contributed by atoms with Gasteiger partial charge in [-0.2, -0.15) is 0 Å². The van der Waals surface area contributed by atoms with Crippen molar-refractivity contribution in [2.75, 3.05) is 36.4 Å². The molecule has 1 amide bonds. The molecule has 25 heavy (non-hydrogen) atoms. The highest BCUT2D eigenvalue weighted by Gasteiger charge is 2.32. The molecule has 1 saturated heterocycles. The molecule has 3 rings (SSSR count). The second kappa shape index (κ2) is 7.93. The van der Waals surface area contributed by atoms with E-state index in [0.717, 1.165) is 32.0 Å². The van der Waals surface area contributed by atoms with Crippen molar-refractivity contribution in [1.82, 2.24) is 0 Å². The molecule has 1 fully saturated rings. The van der Waals surface area contributed by atoms with Gasteiger partial charge in [-0.05, 0) is 31.2 Å². The average Bonchev–Trinajstić information content (AvgIpc) is 2.64. The van der Waals surface area contributed by atoms with Gasteiger partial charge >= 0.3 is 0 Å². The highest BCUT2D eigenvalue weighted by Crippen LogP contribution is 2.19. The Balaban J connectivity index is 1.56. The first kappa shape index (κ1) is 17.8. The van der Waals surface area contributed by atoms with Gasteiger partial charge in [0.15, 0.2) is 6.04 Å². The Morgan fingerprint density at radius 3 is 2.72 bits per heavy atom. The van der Waals surface area contributed by atoms with Crippen LogP contribution in [0.1, 0.15) is 6.92 Å². The molecule has 1 atom stereocenters. The predicted molar refractivity (Wildman–Crippen MR) is 98.1 cm³/mol. The largest absolute Gasteiger partial charge is 0.318 e. The Hall–Kier alpha value is -1.99. The molecule has 5 nitrogen and oxygen atoms in total. The summed E-state index contributed by atoms with van der Waals surface area (Å²) in [5.74, 6) is 0.501. The van der Waals surface area contributed by atoms with Crippen LogP contribution in [0.25, 0.3) is 0 Å². The van der Waals surface area contributed by atoms with Gasteiger partial charge in [0.2, 0.25) is 0 Å². The number of hydrogen-bond donors (Lipinski definition) is 2. The Kier molecular flexibility index (Phi) is 5.65. The molecule has 3 N–H and O–H groups in total. The number of nitrogens with one attached hydrogen (secondary N) is 3. The third-order valence-electron chi connectivity index (χ3n) is 4.63. The van der Waals surface area contributed by atoms with Gasteiger partial charge in [-0.3, -0.25) is 9.69 Å². The fourth-order valence-corrected chi connectivity index (χ4v) is 3.40. The minimum absolute atomic E-state index is 0.157. The van der Waals surface area contributed by atoms with Crippen molar-refractivity contribution in [2.45, 2.75) is 13.0 Å². The van der Waals surface area contributed by atoms with Crippen molar-refractivity contribution in [2.24, 2.45) is 0 Å². The summed E-state index contributed by atoms with van der Waals surface area (Å²) in [5.41, 5.74) is 0.219. The number of quaternary nitrogens is 1. The summed E-state index contributed by atoms with van der Waals surface area (Å²) in [5, 5.41) is 2.70. The van der Waals surface area contributed by atoms with Crippen LogP contribution in [0.2, 0.25) is 0 Å². The Morgan fingerprint density at radius 2 is 2.08 bits per heavy atom. The summed E-state index contributed by atoms with van der Waals surface area (Å²) in [7, 11) is 0. The van der Waals surface area contributed by atoms with Crippen LogP contribution in [0, 0.1) is 5.82 Å². The second-order valence-electron chi connectivity index (χ2n) is 6.23. The minimum Gasteiger partial charge on any atom is -0.318 e. The van der Waals surface area contributed by atoms with E-state index in [9.17, 15) is 9.18 Å². The zero-order valence-corrected chi connectivity index (χ0v) is 15.6. The van der Waals surface area contributed by atoms with Gasteiger partial charge < -0.3 is 10.2 Å². The molecule has 0 aliphatic carbocycles. The molecule has 0 bridgehead atoms. The van der Waals surface area contributed by atoms with Crippen LogP contribution in [0.15, 0.2) is 47.1 Å². The van der Waals surface area contributed by atoms with Gasteiger partial charge in [0.05, 0.1) is 11.9 Å². The highest BCUT2D eigenvalue weighted by molar-refractivity contribution is 9.10. The van der Waals surface area contributed by atoms with Crippen molar-refractivity contribution in [3.63, 3.8) is 0 Å². The summed E-state index contributed by atoms with van der Waals surface area (Å²) in [4.78, 5) is 19.2. The van der Waals surface area contributed by atoms with Crippen molar-refractivity contribution in [3.8, 4) is 0 Å². The predicted octanol–water partition coefficient (Wildman–Crippen LogP) is 1.13. The molecule has 132 valence electrons. The van der Waals surface area contributed by atoms with E-state index in [0.29, 0.717) is 4.47 Å². The number of halogens is 2. The Labute approximate surface area is 155 Å². The smallest absolute Gasteiger partial charge is 0.282 e. The summed E-state index contributed by atoms with van der Waals surface area (Å²) in [6, 6.07) is 10.4. The number of H-pyrrole nitrogens is 1. The Morgan fingerprint density at radius 1 is 1.32 bits per heavy atom. The summed E-state index contributed by atoms with van der Waals surface area (Å²) in [6.45, 7) is 5.37. The number of piperazine rings is 1. The standard InChI is InChI=1S/C18H20BrFN4O/c1-13(18(25)22-16-6-5-14(19)12-15(16)20)23-8-10-24(11-9-23)17-4-2-3-7-21-17/h2-7,12-13H,8-11H2,1H3,(H,22,25)/p+2/t13-/m0/s1. The lowest BCUT2D eigenvalue weighted by molar-refractivity contribution is -0.914. The summed E-state index contributed by atoms with van der Waals surface area (Å²) < 4.78 is 14.5. The molecular formula is C18H22BrFN4O+2. The Bertz CT molecular complexity index is 735. The molecular weight excluding hydrogens is 387 g/mol. The number of aromatic amines is 1. The maximum atomic E-state index is 13.9. The van der Waals surface area contributed by atoms with E-state index in [1.807, 2.05) is 25.3 Å². The van der Waals surface area contributed by atoms with E-state index >= 15 is 0 Å². The van der Waals surface area contributed by atoms with Crippen molar-refractivity contribution >= 4 is 33.3 Å². The molecule has 7 heteroatoms. The summed E-state index contributed by atoms with van der Waals surface area (Å²) >= 11 is 3.21. The van der Waals surface area contributed by atoms with E-state index in [1.54, 1.807) is 12.1 Å². The molecule has 1 aromatic carbocycles. The van der Waals surface area contributed by atoms with Crippen LogP contribution in [-0.2, 0) is 4.79 Å². The SMILES string of the molecule is C[C@@H](C(=O)Nc1ccc(Br)cc1F)[NH+]1CCN(c2cccc[nH+]2)CC1. The molecule has 1 aromatic heterocycles. The fraction of sp³-hybridized carbons (Fsp3) is 0.333. The normalized spacial score (nSPS) is 16.5. The molecule has 2 aromatic rings. The quantitative estimate of drug-likeness (QED) is 0.796. The molecule has 0 radical (unpaired) electrons. The monoisotopic (exact) mass is 408 g/mol. The zero-order valence-electron chi connectivity index (χ0n) is 14.1. The van der Waals surface area contributed by atoms with Gasteiger partial charge in [-0.25, -0.2) is 9.37 Å². The number of rotatable bonds is 4. The topological polar surface area (TPSA) is 50.9 Å². The van der Waals surface area contributed by atoms with Gasteiger partial charge in [-0.1, -0.05) is 22.0 Å². The number of amides is 1. The van der Waals surface area contributed by atoms with Crippen LogP contribution >= 0.6 is 15.9 Å². The van der Waals surface area contributed by atoms with Crippen molar-refractivity contribution < 1.29 is 19.1 Å². The highest BCUT2D eigenvalue weighted by atomic mass is 79.9. The molecule has 2 heterocycles. The van der Waals surface area contributed by atoms with Crippen LogP contribution in [0.3, 0.4) is 0 Å². The molecule has 0 spiro atoms. The third-order valence-corrected chi connectivity index (χ3v) is 5.13. The number of aromatic nitrogens is 1. The molecule has 1 aliphatic heterocycles. The van der Waals surface area contributed by atoms with E-state index in [-0.39, 0.29) is 17.6 Å². The number of carbonyl (C=O) groups excluding carboxylic acids is 1. The number of carbonyl (C=O) groups is 1. The molecule has 0 unspecified atom stereocenters. The van der Waals surface area contributed by atoms with Crippen LogP contribution in [0.4, 0.5) is 15.9 Å². The minimum atomic E-state index is -0.436. The zero-order chi connectivity index (χ0) is 17.8. The van der Waals surface area contributed by atoms with Crippen molar-refractivity contribution in [3.05, 3.63) is 52.9 Å². The lowest BCUT2D eigenvalue weighted by Gasteiger charge is -2.31. The lowest BCUT2D eigenvalue weighted by Crippen LogP contribution is -3.19. The lowest BCUT2D eigenvalue weighted by atomic mass is 10.2. The van der Waals surface area contributed by atoms with Gasteiger partial charge in [0, 0.05) is 10.5 Å². The van der Waals surface area contributed by atoms with Gasteiger partial charge in [0.25, 0.3) is 11.7 Å². The first-order valence-electron chi connectivity index (χ1n) is 8.37. The van der Waals surface area contributed by atoms with Crippen LogP contribution in [-0.4, -0.2) is 38.1 Å². The van der Waals surface area contributed by atoms with E-state index in [1.165, 1.54) is 11.0 Å². The van der Waals surface area contributed by atoms with Gasteiger partial charge in [0.1, 0.15) is 32.0 Å². The second-order valence-corrected chi connectivity index (χ2v) is 7.14. The fourth-order valence-electron chi connectivity index (χ4n) is 3.07. The van der Waals surface area contributed by atoms with E-state index < -0.39 is 5.82 Å². The number of anilines is 2. The number of hydrogen-bond acceptors (Lipinski definition) is 2. The van der Waals surface area contributed by atoms with Crippen molar-refractivity contribution in [1.29, 1.82) is 0 Å². The number of pyridine rings is 1. The maximum absolute atomic E-state index is 13.9. The summed E-state index contributed by atoms with van der Waals surface area (Å²) in [6.07, 6.45) is 1.91. The first-order valence-corrected chi connectivity index (χ1v) is 9.16.